The molecule has 0 aliphatic heterocycles. The molecule has 0 aliphatic carbocycles. The first-order valence-electron chi connectivity index (χ1n) is 5.80. The molecule has 1 N–H and O–H groups in total. The predicted molar refractivity (Wildman–Crippen MR) is 75.9 cm³/mol. The summed E-state index contributed by atoms with van der Waals surface area (Å²) in [5.74, 6) is 0.805. The summed E-state index contributed by atoms with van der Waals surface area (Å²) in [5.41, 5.74) is 2.44. The van der Waals surface area contributed by atoms with Crippen molar-refractivity contribution in [3.63, 3.8) is 0 Å². The zero-order valence-corrected chi connectivity index (χ0v) is 10.9. The third-order valence-corrected chi connectivity index (χ3v) is 3.92. The average molecular weight is 255 g/mol. The minimum atomic E-state index is 0.648. The maximum Gasteiger partial charge on any atom is 0.147 e. The summed E-state index contributed by atoms with van der Waals surface area (Å²) in [6.07, 6.45) is 3.52. The molecule has 0 saturated heterocycles. The molecule has 2 heterocycles. The number of anilines is 1. The minimum Gasteiger partial charge on any atom is -0.378 e. The van der Waals surface area contributed by atoms with Gasteiger partial charge in [-0.15, -0.1) is 11.3 Å². The van der Waals surface area contributed by atoms with Gasteiger partial charge in [-0.3, -0.25) is 0 Å². The van der Waals surface area contributed by atoms with Gasteiger partial charge in [0, 0.05) is 22.8 Å². The average Bonchev–Trinajstić information content (AvgIpc) is 2.79. The lowest BCUT2D eigenvalue weighted by atomic mass is 10.2. The Labute approximate surface area is 110 Å². The van der Waals surface area contributed by atoms with E-state index >= 15 is 0 Å². The van der Waals surface area contributed by atoms with Crippen LogP contribution >= 0.6 is 11.3 Å². The Morgan fingerprint density at radius 2 is 2.06 bits per heavy atom. The molecule has 0 aliphatic rings. The van der Waals surface area contributed by atoms with E-state index in [1.807, 2.05) is 6.07 Å². The fourth-order valence-electron chi connectivity index (χ4n) is 1.87. The van der Waals surface area contributed by atoms with Crippen LogP contribution in [0, 0.1) is 6.92 Å². The molecule has 1 aromatic carbocycles. The number of thiophene rings is 1. The molecule has 0 atom stereocenters. The lowest BCUT2D eigenvalue weighted by molar-refractivity contribution is 0.949. The molecule has 3 nitrogen and oxygen atoms in total. The van der Waals surface area contributed by atoms with E-state index < -0.39 is 0 Å². The van der Waals surface area contributed by atoms with Gasteiger partial charge in [-0.05, 0) is 47.5 Å². The van der Waals surface area contributed by atoms with Crippen molar-refractivity contribution in [1.82, 2.24) is 9.97 Å². The van der Waals surface area contributed by atoms with Crippen LogP contribution < -0.4 is 5.32 Å². The van der Waals surface area contributed by atoms with Crippen LogP contribution in [0.1, 0.15) is 11.4 Å². The van der Waals surface area contributed by atoms with Crippen LogP contribution in [0.4, 0.5) is 5.69 Å². The second kappa shape index (κ2) is 4.74. The predicted octanol–water partition coefficient (Wildman–Crippen LogP) is 3.61. The van der Waals surface area contributed by atoms with Gasteiger partial charge in [-0.1, -0.05) is 0 Å². The van der Waals surface area contributed by atoms with Crippen molar-refractivity contribution >= 4 is 27.1 Å². The van der Waals surface area contributed by atoms with Crippen molar-refractivity contribution in [2.75, 3.05) is 5.32 Å². The molecule has 18 heavy (non-hydrogen) atoms. The molecule has 0 radical (unpaired) electrons. The molecule has 2 aromatic heterocycles. The van der Waals surface area contributed by atoms with Gasteiger partial charge in [0.25, 0.3) is 0 Å². The number of hydrogen-bond donors (Lipinski definition) is 1. The first-order chi connectivity index (χ1) is 8.83. The molecular formula is C14H13N3S. The first-order valence-corrected chi connectivity index (χ1v) is 6.68. The standard InChI is InChI=1S/C14H13N3S/c1-10-9-18-13-4-3-11(7-12(10)13)17-8-14-15-5-2-6-16-14/h2-7,9,17H,8H2,1H3. The van der Waals surface area contributed by atoms with E-state index in [0.29, 0.717) is 6.54 Å². The third-order valence-electron chi connectivity index (χ3n) is 2.84. The molecular weight excluding hydrogens is 242 g/mol. The summed E-state index contributed by atoms with van der Waals surface area (Å²) in [6.45, 7) is 2.79. The highest BCUT2D eigenvalue weighted by atomic mass is 32.1. The van der Waals surface area contributed by atoms with Crippen LogP contribution in [0.5, 0.6) is 0 Å². The van der Waals surface area contributed by atoms with Crippen LogP contribution in [0.2, 0.25) is 0 Å². The second-order valence-corrected chi connectivity index (χ2v) is 5.06. The molecule has 0 unspecified atom stereocenters. The Hall–Kier alpha value is -1.94. The van der Waals surface area contributed by atoms with Crippen LogP contribution in [0.25, 0.3) is 10.1 Å². The lowest BCUT2D eigenvalue weighted by Crippen LogP contribution is -2.03. The topological polar surface area (TPSA) is 37.8 Å². The van der Waals surface area contributed by atoms with Gasteiger partial charge < -0.3 is 5.32 Å². The fraction of sp³-hybridized carbons (Fsp3) is 0.143. The quantitative estimate of drug-likeness (QED) is 0.777. The Bertz CT molecular complexity index is 661. The maximum absolute atomic E-state index is 4.19. The smallest absolute Gasteiger partial charge is 0.147 e. The van der Waals surface area contributed by atoms with E-state index in [1.165, 1.54) is 15.6 Å². The number of aryl methyl sites for hydroxylation is 1. The molecule has 90 valence electrons. The van der Waals surface area contributed by atoms with E-state index in [4.69, 9.17) is 0 Å². The van der Waals surface area contributed by atoms with Gasteiger partial charge in [0.05, 0.1) is 6.54 Å². The normalized spacial score (nSPS) is 10.7. The van der Waals surface area contributed by atoms with Crippen molar-refractivity contribution < 1.29 is 0 Å². The van der Waals surface area contributed by atoms with Gasteiger partial charge in [-0.25, -0.2) is 9.97 Å². The summed E-state index contributed by atoms with van der Waals surface area (Å²) in [6, 6.07) is 8.26. The van der Waals surface area contributed by atoms with Crippen molar-refractivity contribution in [1.29, 1.82) is 0 Å². The molecule has 0 bridgehead atoms. The SMILES string of the molecule is Cc1csc2ccc(NCc3ncccn3)cc12. The largest absolute Gasteiger partial charge is 0.378 e. The number of nitrogens with zero attached hydrogens (tertiary/aromatic N) is 2. The van der Waals surface area contributed by atoms with Crippen LogP contribution in [-0.2, 0) is 6.54 Å². The molecule has 0 saturated carbocycles. The van der Waals surface area contributed by atoms with Crippen LogP contribution in [0.3, 0.4) is 0 Å². The van der Waals surface area contributed by atoms with Gasteiger partial charge in [-0.2, -0.15) is 0 Å². The number of aromatic nitrogens is 2. The molecule has 3 rings (SSSR count). The molecule has 4 heteroatoms. The van der Waals surface area contributed by atoms with Crippen LogP contribution in [-0.4, -0.2) is 9.97 Å². The van der Waals surface area contributed by atoms with Gasteiger partial charge in [0.15, 0.2) is 0 Å². The molecule has 0 spiro atoms. The minimum absolute atomic E-state index is 0.648. The highest BCUT2D eigenvalue weighted by molar-refractivity contribution is 7.17. The Morgan fingerprint density at radius 3 is 2.89 bits per heavy atom. The number of fused-ring (bicyclic) bond motifs is 1. The van der Waals surface area contributed by atoms with E-state index in [2.05, 4.69) is 45.8 Å². The van der Waals surface area contributed by atoms with Gasteiger partial charge >= 0.3 is 0 Å². The van der Waals surface area contributed by atoms with Crippen molar-refractivity contribution in [3.05, 3.63) is 53.4 Å². The highest BCUT2D eigenvalue weighted by Crippen LogP contribution is 2.27. The summed E-state index contributed by atoms with van der Waals surface area (Å²) in [5, 5.41) is 6.86. The summed E-state index contributed by atoms with van der Waals surface area (Å²) in [4.78, 5) is 8.38. The van der Waals surface area contributed by atoms with E-state index in [9.17, 15) is 0 Å². The van der Waals surface area contributed by atoms with Gasteiger partial charge in [0.1, 0.15) is 5.82 Å². The van der Waals surface area contributed by atoms with E-state index in [1.54, 1.807) is 23.7 Å². The lowest BCUT2D eigenvalue weighted by Gasteiger charge is -2.05. The monoisotopic (exact) mass is 255 g/mol. The van der Waals surface area contributed by atoms with Crippen molar-refractivity contribution in [2.45, 2.75) is 13.5 Å². The summed E-state index contributed by atoms with van der Waals surface area (Å²) >= 11 is 1.78. The zero-order valence-electron chi connectivity index (χ0n) is 10.1. The Kier molecular flexibility index (Phi) is 2.94. The number of hydrogen-bond acceptors (Lipinski definition) is 4. The maximum atomic E-state index is 4.19. The zero-order chi connectivity index (χ0) is 12.4. The van der Waals surface area contributed by atoms with Crippen molar-refractivity contribution in [2.24, 2.45) is 0 Å². The Morgan fingerprint density at radius 1 is 1.22 bits per heavy atom. The fourth-order valence-corrected chi connectivity index (χ4v) is 2.79. The summed E-state index contributed by atoms with van der Waals surface area (Å²) < 4.78 is 1.33. The van der Waals surface area contributed by atoms with Crippen molar-refractivity contribution in [3.8, 4) is 0 Å². The first kappa shape index (κ1) is 11.2. The summed E-state index contributed by atoms with van der Waals surface area (Å²) in [7, 11) is 0. The number of nitrogens with one attached hydrogen (secondary N) is 1. The molecule has 3 aromatic rings. The molecule has 0 amide bonds. The highest BCUT2D eigenvalue weighted by Gasteiger charge is 2.02. The van der Waals surface area contributed by atoms with E-state index in [0.717, 1.165) is 11.5 Å². The molecule has 0 fully saturated rings. The van der Waals surface area contributed by atoms with Crippen LogP contribution in [0.15, 0.2) is 42.0 Å². The number of benzene rings is 1. The number of rotatable bonds is 3. The van der Waals surface area contributed by atoms with E-state index in [-0.39, 0.29) is 0 Å². The van der Waals surface area contributed by atoms with Gasteiger partial charge in [0.2, 0.25) is 0 Å². The third kappa shape index (κ3) is 2.19. The Balaban J connectivity index is 1.80. The second-order valence-electron chi connectivity index (χ2n) is 4.15.